The maximum Gasteiger partial charge on any atom is 0.347 e. The van der Waals surface area contributed by atoms with E-state index in [1.54, 1.807) is 36.4 Å². The molecule has 12 heteroatoms. The van der Waals surface area contributed by atoms with Crippen molar-refractivity contribution in [1.29, 1.82) is 0 Å². The number of carbonyl (C=O) groups is 6. The Morgan fingerprint density at radius 3 is 1.68 bits per heavy atom. The lowest BCUT2D eigenvalue weighted by atomic mass is 10.2. The monoisotopic (exact) mass is 551 g/mol. The van der Waals surface area contributed by atoms with Gasteiger partial charge in [-0.15, -0.1) is 0 Å². The van der Waals surface area contributed by atoms with Gasteiger partial charge in [0.05, 0.1) is 0 Å². The molecule has 0 unspecified atom stereocenters. The lowest BCUT2D eigenvalue weighted by Crippen LogP contribution is -2.12. The summed E-state index contributed by atoms with van der Waals surface area (Å²) in [5.74, 6) is -3.91. The minimum absolute atomic E-state index is 0.104. The third-order valence-electron chi connectivity index (χ3n) is 4.45. The molecule has 0 aromatic heterocycles. The molecule has 0 aliphatic heterocycles. The Balaban J connectivity index is 0.000000294. The van der Waals surface area contributed by atoms with Crippen LogP contribution < -0.4 is 24.3 Å². The maximum atomic E-state index is 12.2. The first-order valence-corrected chi connectivity index (χ1v) is 11.5. The van der Waals surface area contributed by atoms with Gasteiger partial charge >= 0.3 is 29.8 Å². The summed E-state index contributed by atoms with van der Waals surface area (Å²) in [4.78, 5) is 66.8. The summed E-state index contributed by atoms with van der Waals surface area (Å²) in [7, 11) is 0. The van der Waals surface area contributed by atoms with E-state index in [9.17, 15) is 28.8 Å². The van der Waals surface area contributed by atoms with E-state index in [4.69, 9.17) is 24.1 Å². The minimum Gasteiger partial charge on any atom is -0.478 e. The summed E-state index contributed by atoms with van der Waals surface area (Å²) >= 11 is 0. The maximum absolute atomic E-state index is 12.2. The van der Waals surface area contributed by atoms with Gasteiger partial charge in [-0.1, -0.05) is 18.2 Å². The molecule has 3 rings (SSSR count). The third-order valence-corrected chi connectivity index (χ3v) is 4.45. The molecule has 12 nitrogen and oxygen atoms in total. The van der Waals surface area contributed by atoms with Crippen LogP contribution in [0.1, 0.15) is 48.4 Å². The van der Waals surface area contributed by atoms with Gasteiger partial charge in [0.25, 0.3) is 0 Å². The summed E-state index contributed by atoms with van der Waals surface area (Å²) in [6.07, 6.45) is 0. The SMILES string of the molecule is CC(=O)Nc1ccc(OC(=O)c2ccccc2OC(C)=O)cc1.CC(=O)Oc1cccc(C(=O)O)c1OC(C)=O. The van der Waals surface area contributed by atoms with E-state index < -0.39 is 29.8 Å². The van der Waals surface area contributed by atoms with Crippen LogP contribution in [0.4, 0.5) is 5.69 Å². The van der Waals surface area contributed by atoms with Gasteiger partial charge in [0.2, 0.25) is 5.91 Å². The summed E-state index contributed by atoms with van der Waals surface area (Å²) in [6, 6.07) is 16.6. The Morgan fingerprint density at radius 2 is 1.12 bits per heavy atom. The fourth-order valence-electron chi connectivity index (χ4n) is 3.02. The number of para-hydroxylation sites is 2. The summed E-state index contributed by atoms with van der Waals surface area (Å²) in [5, 5.41) is 11.5. The van der Waals surface area contributed by atoms with E-state index in [-0.39, 0.29) is 34.3 Å². The van der Waals surface area contributed by atoms with Crippen LogP contribution in [0.3, 0.4) is 0 Å². The second-order valence-corrected chi connectivity index (χ2v) is 7.81. The molecule has 1 amide bonds. The molecule has 0 saturated carbocycles. The largest absolute Gasteiger partial charge is 0.478 e. The zero-order chi connectivity index (χ0) is 29.8. The van der Waals surface area contributed by atoms with Crippen molar-refractivity contribution in [2.75, 3.05) is 5.32 Å². The van der Waals surface area contributed by atoms with Crippen molar-refractivity contribution in [3.63, 3.8) is 0 Å². The van der Waals surface area contributed by atoms with Gasteiger partial charge in [-0.3, -0.25) is 19.2 Å². The molecule has 0 aliphatic carbocycles. The summed E-state index contributed by atoms with van der Waals surface area (Å²) < 4.78 is 19.7. The van der Waals surface area contributed by atoms with Crippen molar-refractivity contribution in [2.24, 2.45) is 0 Å². The predicted octanol–water partition coefficient (Wildman–Crippen LogP) is 4.02. The Hall–Kier alpha value is -5.52. The lowest BCUT2D eigenvalue weighted by Gasteiger charge is -2.10. The number of hydrogen-bond donors (Lipinski definition) is 2. The average Bonchev–Trinajstić information content (AvgIpc) is 2.85. The van der Waals surface area contributed by atoms with Gasteiger partial charge in [0.15, 0.2) is 11.5 Å². The van der Waals surface area contributed by atoms with E-state index in [1.807, 2.05) is 0 Å². The number of ether oxygens (including phenoxy) is 4. The second kappa shape index (κ2) is 14.4. The molecule has 3 aromatic carbocycles. The molecule has 0 bridgehead atoms. The van der Waals surface area contributed by atoms with E-state index in [0.717, 1.165) is 13.8 Å². The van der Waals surface area contributed by atoms with Crippen molar-refractivity contribution in [1.82, 2.24) is 0 Å². The molecule has 0 saturated heterocycles. The lowest BCUT2D eigenvalue weighted by molar-refractivity contribution is -0.134. The van der Waals surface area contributed by atoms with Crippen molar-refractivity contribution in [3.8, 4) is 23.0 Å². The molecular formula is C28H25NO11. The number of carbonyl (C=O) groups excluding carboxylic acids is 5. The van der Waals surface area contributed by atoms with Crippen LogP contribution >= 0.6 is 0 Å². The molecule has 40 heavy (non-hydrogen) atoms. The van der Waals surface area contributed by atoms with Gasteiger partial charge in [0.1, 0.15) is 22.6 Å². The molecule has 0 heterocycles. The van der Waals surface area contributed by atoms with E-state index in [1.165, 1.54) is 44.2 Å². The highest BCUT2D eigenvalue weighted by atomic mass is 16.6. The van der Waals surface area contributed by atoms with Crippen molar-refractivity contribution in [3.05, 3.63) is 77.9 Å². The number of benzene rings is 3. The highest BCUT2D eigenvalue weighted by Gasteiger charge is 2.19. The first-order valence-electron chi connectivity index (χ1n) is 11.5. The third kappa shape index (κ3) is 9.74. The highest BCUT2D eigenvalue weighted by Crippen LogP contribution is 2.31. The van der Waals surface area contributed by atoms with Crippen LogP contribution in [0.15, 0.2) is 66.7 Å². The average molecular weight is 552 g/mol. The summed E-state index contributed by atoms with van der Waals surface area (Å²) in [6.45, 7) is 4.93. The first-order chi connectivity index (χ1) is 18.9. The summed E-state index contributed by atoms with van der Waals surface area (Å²) in [5.41, 5.74) is 0.491. The van der Waals surface area contributed by atoms with Crippen LogP contribution in [-0.2, 0) is 19.2 Å². The fraction of sp³-hybridized carbons (Fsp3) is 0.143. The first kappa shape index (κ1) is 30.7. The number of amides is 1. The van der Waals surface area contributed by atoms with Crippen LogP contribution in [0.2, 0.25) is 0 Å². The number of esters is 4. The quantitative estimate of drug-likeness (QED) is 0.321. The van der Waals surface area contributed by atoms with E-state index in [0.29, 0.717) is 11.4 Å². The van der Waals surface area contributed by atoms with Crippen LogP contribution in [0, 0.1) is 0 Å². The smallest absolute Gasteiger partial charge is 0.347 e. The van der Waals surface area contributed by atoms with Crippen LogP contribution in [0.5, 0.6) is 23.0 Å². The highest BCUT2D eigenvalue weighted by molar-refractivity contribution is 5.95. The molecule has 0 fully saturated rings. The number of aromatic carboxylic acids is 1. The molecule has 0 spiro atoms. The molecule has 0 aliphatic rings. The number of carboxylic acid groups (broad SMARTS) is 1. The topological polar surface area (TPSA) is 172 Å². The van der Waals surface area contributed by atoms with Crippen molar-refractivity contribution in [2.45, 2.75) is 27.7 Å². The van der Waals surface area contributed by atoms with Gasteiger partial charge < -0.3 is 29.4 Å². The normalized spacial score (nSPS) is 9.70. The Kier molecular flexibility index (Phi) is 11.1. The van der Waals surface area contributed by atoms with Gasteiger partial charge in [-0.25, -0.2) is 9.59 Å². The fourth-order valence-corrected chi connectivity index (χ4v) is 3.02. The number of rotatable bonds is 7. The van der Waals surface area contributed by atoms with Crippen molar-refractivity contribution >= 4 is 41.4 Å². The zero-order valence-electron chi connectivity index (χ0n) is 21.9. The molecule has 2 N–H and O–H groups in total. The Bertz CT molecular complexity index is 1430. The van der Waals surface area contributed by atoms with E-state index >= 15 is 0 Å². The molecule has 208 valence electrons. The molecular weight excluding hydrogens is 526 g/mol. The van der Waals surface area contributed by atoms with Gasteiger partial charge in [-0.2, -0.15) is 0 Å². The number of anilines is 1. The Labute approximate surface area is 228 Å². The minimum atomic E-state index is -1.28. The standard InChI is InChI=1S/C17H15NO5.C11H10O6/c1-11(19)18-13-7-9-14(10-8-13)23-17(21)15-5-3-4-6-16(15)22-12(2)20;1-6(12)16-9-5-3-4-8(11(14)15)10(9)17-7(2)13/h3-10H,1-2H3,(H,18,19);3-5H,1-2H3,(H,14,15). The Morgan fingerprint density at radius 1 is 0.600 bits per heavy atom. The van der Waals surface area contributed by atoms with Gasteiger partial charge in [-0.05, 0) is 48.5 Å². The van der Waals surface area contributed by atoms with Crippen molar-refractivity contribution < 1.29 is 52.8 Å². The van der Waals surface area contributed by atoms with E-state index in [2.05, 4.69) is 5.32 Å². The number of nitrogens with one attached hydrogen (secondary N) is 1. The van der Waals surface area contributed by atoms with Crippen LogP contribution in [0.25, 0.3) is 0 Å². The molecule has 0 radical (unpaired) electrons. The zero-order valence-corrected chi connectivity index (χ0v) is 21.9. The predicted molar refractivity (Wildman–Crippen MR) is 139 cm³/mol. The van der Waals surface area contributed by atoms with Gasteiger partial charge in [0, 0.05) is 33.4 Å². The number of carboxylic acids is 1. The molecule has 0 atom stereocenters. The second-order valence-electron chi connectivity index (χ2n) is 7.81. The number of hydrogen-bond acceptors (Lipinski definition) is 10. The molecule has 3 aromatic rings. The van der Waals surface area contributed by atoms with Crippen LogP contribution in [-0.4, -0.2) is 40.9 Å².